The Kier molecular flexibility index (Phi) is 3.64. The number of rotatable bonds is 4. The number of hydrogen-bond donors (Lipinski definition) is 0. The normalized spacial score (nSPS) is 13.5. The standard InChI is InChI=1S/C16H18N2O3/c1-11(2)18-7-6-12(17-18)10-14(19)13-4-3-5-15-16(13)21-9-8-20-15/h3-7,11H,8-10H2,1-2H3. The van der Waals surface area contributed by atoms with Crippen LogP contribution in [0.15, 0.2) is 30.5 Å². The zero-order chi connectivity index (χ0) is 14.8. The number of nitrogens with zero attached hydrogens (tertiary/aromatic N) is 2. The van der Waals surface area contributed by atoms with E-state index in [0.717, 1.165) is 5.69 Å². The maximum atomic E-state index is 12.5. The van der Waals surface area contributed by atoms with Crippen LogP contribution < -0.4 is 9.47 Å². The van der Waals surface area contributed by atoms with Crippen LogP contribution in [-0.2, 0) is 6.42 Å². The summed E-state index contributed by atoms with van der Waals surface area (Å²) in [5.74, 6) is 1.18. The second-order valence-electron chi connectivity index (χ2n) is 5.31. The van der Waals surface area contributed by atoms with E-state index in [1.807, 2.05) is 29.1 Å². The maximum absolute atomic E-state index is 12.5. The first-order chi connectivity index (χ1) is 10.1. The van der Waals surface area contributed by atoms with Crippen LogP contribution in [0.1, 0.15) is 35.9 Å². The van der Waals surface area contributed by atoms with Crippen LogP contribution in [0.3, 0.4) is 0 Å². The molecule has 0 fully saturated rings. The van der Waals surface area contributed by atoms with E-state index in [9.17, 15) is 4.79 Å². The van der Waals surface area contributed by atoms with Gasteiger partial charge in [-0.25, -0.2) is 0 Å². The molecule has 1 aromatic heterocycles. The number of carbonyl (C=O) groups is 1. The molecule has 0 saturated heterocycles. The molecule has 1 aromatic carbocycles. The maximum Gasteiger partial charge on any atom is 0.172 e. The van der Waals surface area contributed by atoms with Crippen LogP contribution >= 0.6 is 0 Å². The van der Waals surface area contributed by atoms with Crippen molar-refractivity contribution in [2.24, 2.45) is 0 Å². The SMILES string of the molecule is CC(C)n1ccc(CC(=O)c2cccc3c2OCCO3)n1. The first-order valence-electron chi connectivity index (χ1n) is 7.11. The van der Waals surface area contributed by atoms with Gasteiger partial charge in [-0.15, -0.1) is 0 Å². The minimum atomic E-state index is -0.00800. The Hall–Kier alpha value is -2.30. The molecule has 0 aliphatic carbocycles. The number of Topliss-reactive ketones (excluding diaryl/α,β-unsaturated/α-hetero) is 1. The Balaban J connectivity index is 1.82. The number of ether oxygens (including phenoxy) is 2. The highest BCUT2D eigenvalue weighted by Gasteiger charge is 2.21. The molecule has 0 spiro atoms. The molecule has 110 valence electrons. The zero-order valence-corrected chi connectivity index (χ0v) is 12.2. The van der Waals surface area contributed by atoms with Gasteiger partial charge in [-0.2, -0.15) is 5.10 Å². The van der Waals surface area contributed by atoms with Gasteiger partial charge in [0.25, 0.3) is 0 Å². The average Bonchev–Trinajstić information content (AvgIpc) is 2.95. The Morgan fingerprint density at radius 2 is 2.10 bits per heavy atom. The fourth-order valence-corrected chi connectivity index (χ4v) is 2.31. The van der Waals surface area contributed by atoms with E-state index >= 15 is 0 Å². The summed E-state index contributed by atoms with van der Waals surface area (Å²) in [4.78, 5) is 12.5. The number of aromatic nitrogens is 2. The molecule has 0 radical (unpaired) electrons. The second kappa shape index (κ2) is 5.60. The Labute approximate surface area is 123 Å². The number of carbonyl (C=O) groups excluding carboxylic acids is 1. The Bertz CT molecular complexity index is 661. The monoisotopic (exact) mass is 286 g/mol. The van der Waals surface area contributed by atoms with Crippen molar-refractivity contribution in [2.75, 3.05) is 13.2 Å². The van der Waals surface area contributed by atoms with E-state index in [-0.39, 0.29) is 18.2 Å². The zero-order valence-electron chi connectivity index (χ0n) is 12.2. The first-order valence-corrected chi connectivity index (χ1v) is 7.11. The molecular weight excluding hydrogens is 268 g/mol. The van der Waals surface area contributed by atoms with Crippen LogP contribution in [-0.4, -0.2) is 28.8 Å². The summed E-state index contributed by atoms with van der Waals surface area (Å²) in [6, 6.07) is 7.57. The minimum Gasteiger partial charge on any atom is -0.486 e. The molecule has 0 bridgehead atoms. The Morgan fingerprint density at radius 3 is 2.86 bits per heavy atom. The van der Waals surface area contributed by atoms with E-state index in [2.05, 4.69) is 18.9 Å². The third kappa shape index (κ3) is 2.77. The summed E-state index contributed by atoms with van der Waals surface area (Å²) in [5, 5.41) is 4.41. The largest absolute Gasteiger partial charge is 0.486 e. The molecule has 1 aliphatic rings. The molecule has 0 atom stereocenters. The third-order valence-corrected chi connectivity index (χ3v) is 3.40. The molecule has 1 aliphatic heterocycles. The lowest BCUT2D eigenvalue weighted by Crippen LogP contribution is -2.18. The van der Waals surface area contributed by atoms with Crippen molar-refractivity contribution in [3.8, 4) is 11.5 Å². The number of ketones is 1. The fraction of sp³-hybridized carbons (Fsp3) is 0.375. The Morgan fingerprint density at radius 1 is 1.29 bits per heavy atom. The van der Waals surface area contributed by atoms with E-state index in [4.69, 9.17) is 9.47 Å². The van der Waals surface area contributed by atoms with Crippen LogP contribution in [0.5, 0.6) is 11.5 Å². The molecule has 3 rings (SSSR count). The highest BCUT2D eigenvalue weighted by atomic mass is 16.6. The van der Waals surface area contributed by atoms with Gasteiger partial charge < -0.3 is 9.47 Å². The van der Waals surface area contributed by atoms with Gasteiger partial charge in [0.1, 0.15) is 13.2 Å². The molecular formula is C16H18N2O3. The predicted molar refractivity (Wildman–Crippen MR) is 78.1 cm³/mol. The summed E-state index contributed by atoms with van der Waals surface area (Å²) >= 11 is 0. The molecule has 0 amide bonds. The molecule has 0 unspecified atom stereocenters. The van der Waals surface area contributed by atoms with Crippen molar-refractivity contribution < 1.29 is 14.3 Å². The predicted octanol–water partition coefficient (Wildman–Crippen LogP) is 2.66. The lowest BCUT2D eigenvalue weighted by Gasteiger charge is -2.20. The van der Waals surface area contributed by atoms with Crippen molar-refractivity contribution in [1.29, 1.82) is 0 Å². The number of benzene rings is 1. The highest BCUT2D eigenvalue weighted by molar-refractivity contribution is 6.00. The molecule has 2 heterocycles. The van der Waals surface area contributed by atoms with Gasteiger partial charge in [0, 0.05) is 12.2 Å². The van der Waals surface area contributed by atoms with Gasteiger partial charge in [-0.05, 0) is 32.0 Å². The van der Waals surface area contributed by atoms with Crippen LogP contribution in [0, 0.1) is 0 Å². The van der Waals surface area contributed by atoms with Crippen LogP contribution in [0.4, 0.5) is 0 Å². The second-order valence-corrected chi connectivity index (χ2v) is 5.31. The number of fused-ring (bicyclic) bond motifs is 1. The minimum absolute atomic E-state index is 0.00800. The molecule has 0 saturated carbocycles. The molecule has 5 nitrogen and oxygen atoms in total. The topological polar surface area (TPSA) is 53.4 Å². The van der Waals surface area contributed by atoms with Crippen molar-refractivity contribution in [3.63, 3.8) is 0 Å². The average molecular weight is 286 g/mol. The van der Waals surface area contributed by atoms with Crippen molar-refractivity contribution >= 4 is 5.78 Å². The van der Waals surface area contributed by atoms with Crippen LogP contribution in [0.2, 0.25) is 0 Å². The van der Waals surface area contributed by atoms with E-state index in [0.29, 0.717) is 30.3 Å². The summed E-state index contributed by atoms with van der Waals surface area (Å²) in [7, 11) is 0. The summed E-state index contributed by atoms with van der Waals surface area (Å²) < 4.78 is 12.9. The van der Waals surface area contributed by atoms with E-state index in [1.54, 1.807) is 6.07 Å². The van der Waals surface area contributed by atoms with E-state index in [1.165, 1.54) is 0 Å². The van der Waals surface area contributed by atoms with Crippen molar-refractivity contribution in [3.05, 3.63) is 41.7 Å². The number of para-hydroxylation sites is 1. The van der Waals surface area contributed by atoms with Gasteiger partial charge in [-0.3, -0.25) is 9.48 Å². The summed E-state index contributed by atoms with van der Waals surface area (Å²) in [5.41, 5.74) is 1.33. The van der Waals surface area contributed by atoms with Gasteiger partial charge in [0.05, 0.1) is 17.7 Å². The number of hydrogen-bond acceptors (Lipinski definition) is 4. The van der Waals surface area contributed by atoms with Crippen LogP contribution in [0.25, 0.3) is 0 Å². The van der Waals surface area contributed by atoms with Gasteiger partial charge in [0.15, 0.2) is 17.3 Å². The lowest BCUT2D eigenvalue weighted by molar-refractivity contribution is 0.0980. The molecule has 21 heavy (non-hydrogen) atoms. The van der Waals surface area contributed by atoms with Gasteiger partial charge in [-0.1, -0.05) is 6.07 Å². The van der Waals surface area contributed by atoms with Gasteiger partial charge >= 0.3 is 0 Å². The smallest absolute Gasteiger partial charge is 0.172 e. The highest BCUT2D eigenvalue weighted by Crippen LogP contribution is 2.34. The fourth-order valence-electron chi connectivity index (χ4n) is 2.31. The summed E-state index contributed by atoms with van der Waals surface area (Å²) in [6.45, 7) is 5.09. The quantitative estimate of drug-likeness (QED) is 0.811. The molecule has 0 N–H and O–H groups in total. The lowest BCUT2D eigenvalue weighted by atomic mass is 10.0. The van der Waals surface area contributed by atoms with Crippen molar-refractivity contribution in [1.82, 2.24) is 9.78 Å². The summed E-state index contributed by atoms with van der Waals surface area (Å²) in [6.07, 6.45) is 2.16. The van der Waals surface area contributed by atoms with Gasteiger partial charge in [0.2, 0.25) is 0 Å². The van der Waals surface area contributed by atoms with E-state index < -0.39 is 0 Å². The molecule has 2 aromatic rings. The van der Waals surface area contributed by atoms with Crippen molar-refractivity contribution in [2.45, 2.75) is 26.3 Å². The third-order valence-electron chi connectivity index (χ3n) is 3.40. The molecule has 5 heteroatoms. The first kappa shape index (κ1) is 13.7.